The van der Waals surface area contributed by atoms with E-state index in [1.807, 2.05) is 49.4 Å². The summed E-state index contributed by atoms with van der Waals surface area (Å²) in [6.07, 6.45) is 0. The molecule has 1 saturated heterocycles. The molecule has 8 nitrogen and oxygen atoms in total. The molecule has 0 radical (unpaired) electrons. The SMILES string of the molecule is CCOc1ccc2nc(N3C(=O)C(=O)/C(=C(\O)c4ccc5c(c4)OCCO5)C3c3ccc(Br)cc3)sc2c1. The number of Topliss-reactive ketones (excluding diaryl/α,β-unsaturated/α-hetero) is 1. The van der Waals surface area contributed by atoms with Crippen molar-refractivity contribution in [3.05, 3.63) is 81.8 Å². The number of anilines is 1. The monoisotopic (exact) mass is 592 g/mol. The van der Waals surface area contributed by atoms with E-state index in [0.717, 1.165) is 9.17 Å². The van der Waals surface area contributed by atoms with E-state index in [2.05, 4.69) is 20.9 Å². The van der Waals surface area contributed by atoms with E-state index < -0.39 is 17.7 Å². The number of aliphatic hydroxyl groups is 1. The number of amides is 1. The number of thiazole rings is 1. The number of nitrogens with zero attached hydrogens (tertiary/aromatic N) is 2. The van der Waals surface area contributed by atoms with Crippen molar-refractivity contribution < 1.29 is 28.9 Å². The highest BCUT2D eigenvalue weighted by atomic mass is 79.9. The predicted octanol–water partition coefficient (Wildman–Crippen LogP) is 5.86. The molecule has 0 saturated carbocycles. The summed E-state index contributed by atoms with van der Waals surface area (Å²) in [5, 5.41) is 11.8. The van der Waals surface area contributed by atoms with Gasteiger partial charge in [-0.2, -0.15) is 0 Å². The number of aromatic nitrogens is 1. The molecule has 6 rings (SSSR count). The van der Waals surface area contributed by atoms with Gasteiger partial charge in [-0.05, 0) is 61.0 Å². The summed E-state index contributed by atoms with van der Waals surface area (Å²) in [5.74, 6) is -0.138. The summed E-state index contributed by atoms with van der Waals surface area (Å²) < 4.78 is 18.5. The Morgan fingerprint density at radius 1 is 1.08 bits per heavy atom. The van der Waals surface area contributed by atoms with Crippen molar-refractivity contribution >= 4 is 60.1 Å². The van der Waals surface area contributed by atoms with E-state index in [4.69, 9.17) is 14.2 Å². The van der Waals surface area contributed by atoms with Gasteiger partial charge in [0.05, 0.1) is 28.4 Å². The number of halogens is 1. The second-order valence-corrected chi connectivity index (χ2v) is 10.6. The van der Waals surface area contributed by atoms with Crippen LogP contribution in [0.2, 0.25) is 0 Å². The lowest BCUT2D eigenvalue weighted by Crippen LogP contribution is -2.29. The molecule has 38 heavy (non-hydrogen) atoms. The van der Waals surface area contributed by atoms with Crippen LogP contribution in [-0.2, 0) is 9.59 Å². The van der Waals surface area contributed by atoms with Gasteiger partial charge in [0.15, 0.2) is 16.6 Å². The Labute approximate surface area is 230 Å². The first-order chi connectivity index (χ1) is 18.4. The van der Waals surface area contributed by atoms with Gasteiger partial charge in [-0.1, -0.05) is 39.4 Å². The lowest BCUT2D eigenvalue weighted by molar-refractivity contribution is -0.132. The fraction of sp³-hybridized carbons (Fsp3) is 0.179. The number of benzene rings is 3. The maximum Gasteiger partial charge on any atom is 0.301 e. The Hall–Kier alpha value is -3.89. The first kappa shape index (κ1) is 24.4. The molecule has 0 spiro atoms. The number of ketones is 1. The zero-order valence-electron chi connectivity index (χ0n) is 20.1. The van der Waals surface area contributed by atoms with Crippen LogP contribution in [-0.4, -0.2) is 41.6 Å². The van der Waals surface area contributed by atoms with E-state index in [-0.39, 0.29) is 11.3 Å². The van der Waals surface area contributed by atoms with Gasteiger partial charge in [0.25, 0.3) is 5.78 Å². The van der Waals surface area contributed by atoms with Gasteiger partial charge in [0.2, 0.25) is 0 Å². The summed E-state index contributed by atoms with van der Waals surface area (Å²) >= 11 is 4.72. The minimum absolute atomic E-state index is 0.0248. The normalized spacial score (nSPS) is 18.3. The highest BCUT2D eigenvalue weighted by molar-refractivity contribution is 9.10. The Kier molecular flexibility index (Phi) is 6.29. The van der Waals surface area contributed by atoms with Crippen molar-refractivity contribution in [2.24, 2.45) is 0 Å². The average Bonchev–Trinajstić information content (AvgIpc) is 3.46. The zero-order valence-corrected chi connectivity index (χ0v) is 22.5. The van der Waals surface area contributed by atoms with E-state index in [1.165, 1.54) is 16.2 Å². The van der Waals surface area contributed by atoms with Crippen molar-refractivity contribution in [2.45, 2.75) is 13.0 Å². The average molecular weight is 593 g/mol. The molecule has 192 valence electrons. The number of hydrogen-bond donors (Lipinski definition) is 1. The van der Waals surface area contributed by atoms with E-state index in [0.29, 0.717) is 58.8 Å². The third-order valence-electron chi connectivity index (χ3n) is 6.31. The predicted molar refractivity (Wildman–Crippen MR) is 147 cm³/mol. The minimum Gasteiger partial charge on any atom is -0.507 e. The smallest absolute Gasteiger partial charge is 0.301 e. The minimum atomic E-state index is -0.886. The zero-order chi connectivity index (χ0) is 26.4. The number of fused-ring (bicyclic) bond motifs is 2. The Morgan fingerprint density at radius 3 is 2.61 bits per heavy atom. The lowest BCUT2D eigenvalue weighted by atomic mass is 9.95. The lowest BCUT2D eigenvalue weighted by Gasteiger charge is -2.23. The molecule has 1 fully saturated rings. The molecule has 1 unspecified atom stereocenters. The Bertz CT molecular complexity index is 1610. The van der Waals surface area contributed by atoms with Gasteiger partial charge in [-0.3, -0.25) is 14.5 Å². The Balaban J connectivity index is 1.51. The third-order valence-corrected chi connectivity index (χ3v) is 7.86. The van der Waals surface area contributed by atoms with Crippen LogP contribution in [0.3, 0.4) is 0 Å². The molecule has 2 aliphatic rings. The standard InChI is InChI=1S/C28H21BrN2O6S/c1-2-35-18-8-9-19-22(14-18)38-28(30-19)31-24(15-3-6-17(29)7-4-15)23(26(33)27(31)34)25(32)16-5-10-20-21(13-16)37-12-11-36-20/h3-10,13-14,24,32H,2,11-12H2,1H3/b25-23-. The van der Waals surface area contributed by atoms with E-state index in [1.54, 1.807) is 18.2 Å². The second kappa shape index (κ2) is 9.77. The van der Waals surface area contributed by atoms with Crippen molar-refractivity contribution in [2.75, 3.05) is 24.7 Å². The second-order valence-electron chi connectivity index (χ2n) is 8.64. The van der Waals surface area contributed by atoms with E-state index >= 15 is 0 Å². The van der Waals surface area contributed by atoms with Crippen LogP contribution in [0.5, 0.6) is 17.2 Å². The summed E-state index contributed by atoms with van der Waals surface area (Å²) in [4.78, 5) is 33.0. The number of rotatable bonds is 5. The maximum absolute atomic E-state index is 13.5. The van der Waals surface area contributed by atoms with Gasteiger partial charge in [0.1, 0.15) is 24.7 Å². The van der Waals surface area contributed by atoms with Crippen LogP contribution >= 0.6 is 27.3 Å². The fourth-order valence-electron chi connectivity index (χ4n) is 4.59. The summed E-state index contributed by atoms with van der Waals surface area (Å²) in [6, 6.07) is 16.8. The first-order valence-corrected chi connectivity index (χ1v) is 13.6. The topological polar surface area (TPSA) is 98.2 Å². The molecule has 2 aliphatic heterocycles. The third kappa shape index (κ3) is 4.19. The quantitative estimate of drug-likeness (QED) is 0.176. The largest absolute Gasteiger partial charge is 0.507 e. The number of aliphatic hydroxyl groups excluding tert-OH is 1. The van der Waals surface area contributed by atoms with Gasteiger partial charge >= 0.3 is 5.91 Å². The molecule has 0 bridgehead atoms. The van der Waals surface area contributed by atoms with Crippen molar-refractivity contribution in [3.63, 3.8) is 0 Å². The molecule has 1 atom stereocenters. The van der Waals surface area contributed by atoms with Crippen molar-refractivity contribution in [3.8, 4) is 17.2 Å². The van der Waals surface area contributed by atoms with Crippen LogP contribution in [0, 0.1) is 0 Å². The van der Waals surface area contributed by atoms with Gasteiger partial charge in [-0.15, -0.1) is 0 Å². The molecule has 3 heterocycles. The summed E-state index contributed by atoms with van der Waals surface area (Å²) in [7, 11) is 0. The highest BCUT2D eigenvalue weighted by Gasteiger charge is 2.48. The van der Waals surface area contributed by atoms with Crippen molar-refractivity contribution in [1.82, 2.24) is 4.98 Å². The Morgan fingerprint density at radius 2 is 1.84 bits per heavy atom. The van der Waals surface area contributed by atoms with Crippen LogP contribution in [0.25, 0.3) is 16.0 Å². The number of ether oxygens (including phenoxy) is 3. The summed E-state index contributed by atoms with van der Waals surface area (Å²) in [5.41, 5.74) is 1.65. The first-order valence-electron chi connectivity index (χ1n) is 11.9. The van der Waals surface area contributed by atoms with Crippen LogP contribution in [0.15, 0.2) is 70.7 Å². The highest BCUT2D eigenvalue weighted by Crippen LogP contribution is 2.45. The molecule has 3 aromatic carbocycles. The van der Waals surface area contributed by atoms with Crippen LogP contribution < -0.4 is 19.1 Å². The molecule has 1 aromatic heterocycles. The molecular formula is C28H21BrN2O6S. The van der Waals surface area contributed by atoms with E-state index in [9.17, 15) is 14.7 Å². The number of carbonyl (C=O) groups is 2. The van der Waals surface area contributed by atoms with Crippen molar-refractivity contribution in [1.29, 1.82) is 0 Å². The molecule has 4 aromatic rings. The van der Waals surface area contributed by atoms with Gasteiger partial charge in [-0.25, -0.2) is 4.98 Å². The van der Waals surface area contributed by atoms with Gasteiger partial charge < -0.3 is 19.3 Å². The van der Waals surface area contributed by atoms with Crippen LogP contribution in [0.4, 0.5) is 5.13 Å². The number of hydrogen-bond acceptors (Lipinski definition) is 8. The number of carbonyl (C=O) groups excluding carboxylic acids is 2. The molecular weight excluding hydrogens is 572 g/mol. The molecule has 1 N–H and O–H groups in total. The fourth-order valence-corrected chi connectivity index (χ4v) is 5.87. The van der Waals surface area contributed by atoms with Gasteiger partial charge in [0, 0.05) is 10.0 Å². The summed E-state index contributed by atoms with van der Waals surface area (Å²) in [6.45, 7) is 3.24. The molecule has 10 heteroatoms. The molecule has 1 amide bonds. The maximum atomic E-state index is 13.5. The van der Waals surface area contributed by atoms with Crippen LogP contribution in [0.1, 0.15) is 24.1 Å². The molecule has 0 aliphatic carbocycles.